The van der Waals surface area contributed by atoms with Gasteiger partial charge in [0.15, 0.2) is 5.82 Å². The molecule has 2 unspecified atom stereocenters. The Balaban J connectivity index is 1.58. The van der Waals surface area contributed by atoms with Gasteiger partial charge in [-0.1, -0.05) is 0 Å². The molecule has 2 heterocycles. The summed E-state index contributed by atoms with van der Waals surface area (Å²) < 4.78 is 8.19. The van der Waals surface area contributed by atoms with Crippen molar-refractivity contribution >= 4 is 0 Å². The Morgan fingerprint density at radius 1 is 1.22 bits per heavy atom. The highest BCUT2D eigenvalue weighted by Crippen LogP contribution is 2.21. The summed E-state index contributed by atoms with van der Waals surface area (Å²) in [6.45, 7) is 1.63. The second-order valence-electron chi connectivity index (χ2n) is 5.50. The highest BCUT2D eigenvalue weighted by atomic mass is 16.5. The lowest BCUT2D eigenvalue weighted by atomic mass is 9.94. The van der Waals surface area contributed by atoms with Crippen molar-refractivity contribution in [3.8, 4) is 0 Å². The molecule has 1 aromatic rings. The van der Waals surface area contributed by atoms with Crippen molar-refractivity contribution in [2.75, 3.05) is 0 Å². The molecule has 0 saturated heterocycles. The van der Waals surface area contributed by atoms with Gasteiger partial charge >= 0.3 is 0 Å². The van der Waals surface area contributed by atoms with Gasteiger partial charge in [-0.25, -0.2) is 0 Å². The smallest absolute Gasteiger partial charge is 0.159 e. The van der Waals surface area contributed by atoms with Crippen LogP contribution in [0.5, 0.6) is 0 Å². The third-order valence-electron chi connectivity index (χ3n) is 4.05. The fourth-order valence-electron chi connectivity index (χ4n) is 3.00. The zero-order chi connectivity index (χ0) is 12.4. The molecule has 1 saturated carbocycles. The predicted molar refractivity (Wildman–Crippen MR) is 68.0 cm³/mol. The van der Waals surface area contributed by atoms with Crippen LogP contribution in [0, 0.1) is 0 Å². The maximum Gasteiger partial charge on any atom is 0.159 e. The van der Waals surface area contributed by atoms with Crippen molar-refractivity contribution < 1.29 is 4.74 Å². The van der Waals surface area contributed by atoms with Gasteiger partial charge in [-0.2, -0.15) is 0 Å². The SMILES string of the molecule is NC1CCCC(OCc2nnc3n2CCCC3)C1. The molecular weight excluding hydrogens is 228 g/mol. The summed E-state index contributed by atoms with van der Waals surface area (Å²) in [5.41, 5.74) is 5.97. The first-order valence-electron chi connectivity index (χ1n) is 7.11. The van der Waals surface area contributed by atoms with E-state index in [0.717, 1.165) is 43.9 Å². The van der Waals surface area contributed by atoms with Crippen molar-refractivity contribution in [1.82, 2.24) is 14.8 Å². The summed E-state index contributed by atoms with van der Waals surface area (Å²) in [4.78, 5) is 0. The Morgan fingerprint density at radius 3 is 3.06 bits per heavy atom. The van der Waals surface area contributed by atoms with Crippen molar-refractivity contribution in [2.24, 2.45) is 5.73 Å². The molecule has 1 aliphatic heterocycles. The van der Waals surface area contributed by atoms with Gasteiger partial charge in [-0.05, 0) is 38.5 Å². The highest BCUT2D eigenvalue weighted by Gasteiger charge is 2.21. The number of hydrogen-bond donors (Lipinski definition) is 1. The van der Waals surface area contributed by atoms with Crippen LogP contribution in [0.15, 0.2) is 0 Å². The minimum atomic E-state index is 0.310. The lowest BCUT2D eigenvalue weighted by Gasteiger charge is -2.26. The van der Waals surface area contributed by atoms with E-state index >= 15 is 0 Å². The minimum absolute atomic E-state index is 0.310. The van der Waals surface area contributed by atoms with Crippen LogP contribution < -0.4 is 5.73 Å². The monoisotopic (exact) mass is 250 g/mol. The Morgan fingerprint density at radius 2 is 2.17 bits per heavy atom. The molecule has 2 N–H and O–H groups in total. The van der Waals surface area contributed by atoms with Crippen LogP contribution in [0.25, 0.3) is 0 Å². The van der Waals surface area contributed by atoms with Crippen LogP contribution in [0.4, 0.5) is 0 Å². The third-order valence-corrected chi connectivity index (χ3v) is 4.05. The van der Waals surface area contributed by atoms with Crippen molar-refractivity contribution in [3.63, 3.8) is 0 Å². The second-order valence-corrected chi connectivity index (χ2v) is 5.50. The molecule has 1 aliphatic carbocycles. The van der Waals surface area contributed by atoms with Crippen molar-refractivity contribution in [2.45, 2.75) is 70.2 Å². The van der Waals surface area contributed by atoms with E-state index in [0.29, 0.717) is 18.8 Å². The summed E-state index contributed by atoms with van der Waals surface area (Å²) in [5.74, 6) is 2.11. The van der Waals surface area contributed by atoms with Gasteiger partial charge in [0.1, 0.15) is 12.4 Å². The largest absolute Gasteiger partial charge is 0.370 e. The van der Waals surface area contributed by atoms with Gasteiger partial charge in [-0.3, -0.25) is 0 Å². The first-order valence-corrected chi connectivity index (χ1v) is 7.11. The number of hydrogen-bond acceptors (Lipinski definition) is 4. The maximum atomic E-state index is 5.97. The summed E-state index contributed by atoms with van der Waals surface area (Å²) in [5, 5.41) is 8.50. The molecule has 2 atom stereocenters. The number of ether oxygens (including phenoxy) is 1. The topological polar surface area (TPSA) is 66.0 Å². The average molecular weight is 250 g/mol. The molecule has 1 fully saturated rings. The van der Waals surface area contributed by atoms with Gasteiger partial charge in [0.25, 0.3) is 0 Å². The van der Waals surface area contributed by atoms with Gasteiger partial charge in [0.05, 0.1) is 6.10 Å². The van der Waals surface area contributed by atoms with Crippen LogP contribution in [-0.2, 0) is 24.3 Å². The Bertz CT molecular complexity index is 404. The van der Waals surface area contributed by atoms with E-state index in [-0.39, 0.29) is 0 Å². The molecule has 0 aromatic carbocycles. The zero-order valence-electron chi connectivity index (χ0n) is 10.8. The number of nitrogens with two attached hydrogens (primary N) is 1. The fraction of sp³-hybridized carbons (Fsp3) is 0.846. The molecule has 0 spiro atoms. The highest BCUT2D eigenvalue weighted by molar-refractivity contribution is 4.97. The van der Waals surface area contributed by atoms with Crippen LogP contribution in [0.3, 0.4) is 0 Å². The molecule has 18 heavy (non-hydrogen) atoms. The van der Waals surface area contributed by atoms with Crippen LogP contribution in [0.2, 0.25) is 0 Å². The van der Waals surface area contributed by atoms with E-state index in [9.17, 15) is 0 Å². The lowest BCUT2D eigenvalue weighted by molar-refractivity contribution is 0.00745. The Hall–Kier alpha value is -0.940. The van der Waals surface area contributed by atoms with Gasteiger partial charge in [0, 0.05) is 19.0 Å². The molecule has 5 heteroatoms. The Labute approximate surface area is 108 Å². The Kier molecular flexibility index (Phi) is 3.61. The normalized spacial score (nSPS) is 28.1. The molecule has 2 aliphatic rings. The van der Waals surface area contributed by atoms with E-state index in [1.165, 1.54) is 19.3 Å². The van der Waals surface area contributed by atoms with E-state index in [4.69, 9.17) is 10.5 Å². The van der Waals surface area contributed by atoms with Crippen LogP contribution >= 0.6 is 0 Å². The molecule has 100 valence electrons. The van der Waals surface area contributed by atoms with Gasteiger partial charge in [0.2, 0.25) is 0 Å². The molecule has 0 bridgehead atoms. The minimum Gasteiger partial charge on any atom is -0.370 e. The van der Waals surface area contributed by atoms with Crippen molar-refractivity contribution in [1.29, 1.82) is 0 Å². The predicted octanol–water partition coefficient (Wildman–Crippen LogP) is 1.40. The van der Waals surface area contributed by atoms with E-state index in [2.05, 4.69) is 14.8 Å². The summed E-state index contributed by atoms with van der Waals surface area (Å²) in [7, 11) is 0. The first kappa shape index (κ1) is 12.1. The van der Waals surface area contributed by atoms with Gasteiger partial charge < -0.3 is 15.0 Å². The van der Waals surface area contributed by atoms with Crippen molar-refractivity contribution in [3.05, 3.63) is 11.6 Å². The fourth-order valence-corrected chi connectivity index (χ4v) is 3.00. The number of aryl methyl sites for hydroxylation is 1. The molecule has 3 rings (SSSR count). The molecule has 1 aromatic heterocycles. The summed E-state index contributed by atoms with van der Waals surface area (Å²) >= 11 is 0. The van der Waals surface area contributed by atoms with E-state index < -0.39 is 0 Å². The molecule has 0 amide bonds. The lowest BCUT2D eigenvalue weighted by Crippen LogP contribution is -2.32. The number of aromatic nitrogens is 3. The van der Waals surface area contributed by atoms with Crippen LogP contribution in [-0.4, -0.2) is 26.9 Å². The van der Waals surface area contributed by atoms with Crippen LogP contribution in [0.1, 0.15) is 50.2 Å². The second kappa shape index (κ2) is 5.36. The zero-order valence-corrected chi connectivity index (χ0v) is 10.8. The standard InChI is InChI=1S/C13H22N4O/c14-10-4-3-5-11(8-10)18-9-13-16-15-12-6-1-2-7-17(12)13/h10-11H,1-9,14H2. The summed E-state index contributed by atoms with van der Waals surface area (Å²) in [6, 6.07) is 0.316. The average Bonchev–Trinajstić information content (AvgIpc) is 2.80. The van der Waals surface area contributed by atoms with E-state index in [1.807, 2.05) is 0 Å². The molecule has 5 nitrogen and oxygen atoms in total. The molecule has 0 radical (unpaired) electrons. The summed E-state index contributed by atoms with van der Waals surface area (Å²) in [6.07, 6.45) is 8.27. The number of fused-ring (bicyclic) bond motifs is 1. The number of rotatable bonds is 3. The molecular formula is C13H22N4O. The number of nitrogens with zero attached hydrogens (tertiary/aromatic N) is 3. The quantitative estimate of drug-likeness (QED) is 0.880. The third kappa shape index (κ3) is 2.57. The van der Waals surface area contributed by atoms with Gasteiger partial charge in [-0.15, -0.1) is 10.2 Å². The maximum absolute atomic E-state index is 5.97. The first-order chi connectivity index (χ1) is 8.83. The van der Waals surface area contributed by atoms with E-state index in [1.54, 1.807) is 0 Å².